The summed E-state index contributed by atoms with van der Waals surface area (Å²) in [5.74, 6) is 2.80. The Balaban J connectivity index is 1.53. The number of nitrogens with one attached hydrogen (secondary N) is 1. The second-order valence-electron chi connectivity index (χ2n) is 7.65. The molecule has 0 aromatic heterocycles. The molecule has 1 atom stereocenters. The Hall–Kier alpha value is -1.05. The van der Waals surface area contributed by atoms with Gasteiger partial charge in [0.05, 0.1) is 0 Å². The van der Waals surface area contributed by atoms with Gasteiger partial charge in [-0.3, -0.25) is 0 Å². The highest BCUT2D eigenvalue weighted by Crippen LogP contribution is 2.61. The summed E-state index contributed by atoms with van der Waals surface area (Å²) in [7, 11) is 0. The van der Waals surface area contributed by atoms with Crippen LogP contribution in [0, 0.1) is 29.0 Å². The highest BCUT2D eigenvalue weighted by molar-refractivity contribution is 5.44. The van der Waals surface area contributed by atoms with E-state index in [1.54, 1.807) is 12.1 Å². The minimum absolute atomic E-state index is 0.155. The molecule has 1 aromatic rings. The van der Waals surface area contributed by atoms with Crippen molar-refractivity contribution in [1.82, 2.24) is 0 Å². The molecule has 0 radical (unpaired) electrons. The predicted octanol–water partition coefficient (Wildman–Crippen LogP) is 4.84. The molecule has 1 unspecified atom stereocenters. The molecule has 1 aromatic carbocycles. The van der Waals surface area contributed by atoms with Crippen molar-refractivity contribution in [2.45, 2.75) is 51.5 Å². The van der Waals surface area contributed by atoms with E-state index in [1.807, 2.05) is 12.1 Å². The molecule has 4 saturated carbocycles. The molecule has 4 bridgehead atoms. The Bertz CT molecular complexity index is 457. The van der Waals surface area contributed by atoms with Gasteiger partial charge in [-0.15, -0.1) is 0 Å². The molecular weight excluding hydrogens is 249 g/mol. The maximum Gasteiger partial charge on any atom is 0.123 e. The van der Waals surface area contributed by atoms with Gasteiger partial charge in [0.1, 0.15) is 5.82 Å². The average molecular weight is 273 g/mol. The molecule has 0 heterocycles. The maximum atomic E-state index is 13.0. The largest absolute Gasteiger partial charge is 0.382 e. The van der Waals surface area contributed by atoms with Crippen molar-refractivity contribution < 1.29 is 4.39 Å². The first-order valence-electron chi connectivity index (χ1n) is 8.15. The molecule has 0 spiro atoms. The van der Waals surface area contributed by atoms with Gasteiger partial charge in [-0.05, 0) is 92.9 Å². The summed E-state index contributed by atoms with van der Waals surface area (Å²) < 4.78 is 13.0. The smallest absolute Gasteiger partial charge is 0.123 e. The number of anilines is 1. The van der Waals surface area contributed by atoms with Gasteiger partial charge in [0.2, 0.25) is 0 Å². The van der Waals surface area contributed by atoms with Gasteiger partial charge in [-0.2, -0.15) is 0 Å². The van der Waals surface area contributed by atoms with E-state index < -0.39 is 0 Å². The molecule has 4 aliphatic rings. The summed E-state index contributed by atoms with van der Waals surface area (Å²) in [5.41, 5.74) is 1.57. The van der Waals surface area contributed by atoms with Crippen LogP contribution in [0.15, 0.2) is 24.3 Å². The zero-order valence-corrected chi connectivity index (χ0v) is 12.2. The zero-order valence-electron chi connectivity index (χ0n) is 12.2. The first-order valence-corrected chi connectivity index (χ1v) is 8.15. The first-order chi connectivity index (χ1) is 9.63. The fourth-order valence-corrected chi connectivity index (χ4v) is 5.66. The van der Waals surface area contributed by atoms with Crippen molar-refractivity contribution in [1.29, 1.82) is 0 Å². The molecule has 4 fully saturated rings. The van der Waals surface area contributed by atoms with E-state index >= 15 is 0 Å². The van der Waals surface area contributed by atoms with E-state index in [0.29, 0.717) is 11.5 Å². The molecule has 2 heteroatoms. The van der Waals surface area contributed by atoms with Gasteiger partial charge in [0, 0.05) is 11.7 Å². The van der Waals surface area contributed by atoms with Crippen molar-refractivity contribution in [2.75, 3.05) is 5.32 Å². The Kier molecular flexibility index (Phi) is 2.84. The van der Waals surface area contributed by atoms with Crippen LogP contribution in [0.1, 0.15) is 45.4 Å². The second-order valence-corrected chi connectivity index (χ2v) is 7.65. The molecule has 1 nitrogen and oxygen atoms in total. The lowest BCUT2D eigenvalue weighted by Gasteiger charge is -2.59. The Morgan fingerprint density at radius 1 is 1.00 bits per heavy atom. The third kappa shape index (κ3) is 2.04. The van der Waals surface area contributed by atoms with E-state index in [0.717, 1.165) is 23.4 Å². The van der Waals surface area contributed by atoms with E-state index in [9.17, 15) is 4.39 Å². The first kappa shape index (κ1) is 12.7. The van der Waals surface area contributed by atoms with E-state index in [1.165, 1.54) is 38.5 Å². The van der Waals surface area contributed by atoms with Gasteiger partial charge in [0.15, 0.2) is 0 Å². The van der Waals surface area contributed by atoms with Gasteiger partial charge in [-0.25, -0.2) is 4.39 Å². The number of halogens is 1. The normalized spacial score (nSPS) is 39.8. The minimum atomic E-state index is -0.155. The van der Waals surface area contributed by atoms with Crippen LogP contribution in [-0.4, -0.2) is 6.04 Å². The molecule has 1 N–H and O–H groups in total. The standard InChI is InChI=1S/C18H24FN/c1-12(20-17-4-2-16(19)3-5-17)18-9-13-6-14(10-18)8-15(7-13)11-18/h2-5,12-15,20H,6-11H2,1H3. The monoisotopic (exact) mass is 273 g/mol. The quantitative estimate of drug-likeness (QED) is 0.830. The van der Waals surface area contributed by atoms with Crippen molar-refractivity contribution in [3.63, 3.8) is 0 Å². The molecule has 5 rings (SSSR count). The van der Waals surface area contributed by atoms with Crippen LogP contribution < -0.4 is 5.32 Å². The highest BCUT2D eigenvalue weighted by Gasteiger charge is 2.53. The maximum absolute atomic E-state index is 13.0. The number of hydrogen-bond acceptors (Lipinski definition) is 1. The number of rotatable bonds is 3. The zero-order chi connectivity index (χ0) is 13.7. The van der Waals surface area contributed by atoms with Gasteiger partial charge in [-0.1, -0.05) is 0 Å². The summed E-state index contributed by atoms with van der Waals surface area (Å²) >= 11 is 0. The summed E-state index contributed by atoms with van der Waals surface area (Å²) in [4.78, 5) is 0. The van der Waals surface area contributed by atoms with Crippen LogP contribution in [0.2, 0.25) is 0 Å². The van der Waals surface area contributed by atoms with Crippen molar-refractivity contribution in [3.8, 4) is 0 Å². The third-order valence-electron chi connectivity index (χ3n) is 6.23. The minimum Gasteiger partial charge on any atom is -0.382 e. The van der Waals surface area contributed by atoms with Crippen LogP contribution >= 0.6 is 0 Å². The van der Waals surface area contributed by atoms with Crippen molar-refractivity contribution >= 4 is 5.69 Å². The topological polar surface area (TPSA) is 12.0 Å². The van der Waals surface area contributed by atoms with Crippen molar-refractivity contribution in [3.05, 3.63) is 30.1 Å². The van der Waals surface area contributed by atoms with Crippen LogP contribution in [0.4, 0.5) is 10.1 Å². The summed E-state index contributed by atoms with van der Waals surface area (Å²) in [6, 6.07) is 7.34. The summed E-state index contributed by atoms with van der Waals surface area (Å²) in [5, 5.41) is 3.66. The fraction of sp³-hybridized carbons (Fsp3) is 0.667. The second kappa shape index (κ2) is 4.47. The lowest BCUT2D eigenvalue weighted by Crippen LogP contribution is -2.52. The van der Waals surface area contributed by atoms with Crippen LogP contribution in [-0.2, 0) is 0 Å². The van der Waals surface area contributed by atoms with Gasteiger partial charge in [0.25, 0.3) is 0 Å². The Labute approximate surface area is 121 Å². The highest BCUT2D eigenvalue weighted by atomic mass is 19.1. The molecule has 20 heavy (non-hydrogen) atoms. The molecule has 4 aliphatic carbocycles. The summed E-state index contributed by atoms with van der Waals surface area (Å²) in [6.45, 7) is 2.34. The molecule has 0 saturated heterocycles. The fourth-order valence-electron chi connectivity index (χ4n) is 5.66. The molecule has 0 aliphatic heterocycles. The molecule has 108 valence electrons. The SMILES string of the molecule is CC(Nc1ccc(F)cc1)C12CC3CC(CC(C3)C1)C2. The van der Waals surface area contributed by atoms with Crippen LogP contribution in [0.5, 0.6) is 0 Å². The van der Waals surface area contributed by atoms with Gasteiger partial charge < -0.3 is 5.32 Å². The average Bonchev–Trinajstić information content (AvgIpc) is 2.40. The lowest BCUT2D eigenvalue weighted by molar-refractivity contribution is -0.0602. The lowest BCUT2D eigenvalue weighted by atomic mass is 9.48. The summed E-state index contributed by atoms with van der Waals surface area (Å²) in [6.07, 6.45) is 8.70. The van der Waals surface area contributed by atoms with Crippen molar-refractivity contribution in [2.24, 2.45) is 23.2 Å². The Morgan fingerprint density at radius 2 is 1.50 bits per heavy atom. The van der Waals surface area contributed by atoms with Crippen LogP contribution in [0.3, 0.4) is 0 Å². The van der Waals surface area contributed by atoms with E-state index in [2.05, 4.69) is 12.2 Å². The van der Waals surface area contributed by atoms with Gasteiger partial charge >= 0.3 is 0 Å². The van der Waals surface area contributed by atoms with E-state index in [-0.39, 0.29) is 5.82 Å². The third-order valence-corrected chi connectivity index (χ3v) is 6.23. The number of benzene rings is 1. The Morgan fingerprint density at radius 3 is 2.00 bits per heavy atom. The van der Waals surface area contributed by atoms with E-state index in [4.69, 9.17) is 0 Å². The molecule has 0 amide bonds. The molecular formula is C18H24FN. The number of hydrogen-bond donors (Lipinski definition) is 1. The van der Waals surface area contributed by atoms with Crippen LogP contribution in [0.25, 0.3) is 0 Å². The predicted molar refractivity (Wildman–Crippen MR) is 80.1 cm³/mol.